The molecule has 0 rings (SSSR count). The molecule has 0 fully saturated rings. The van der Waals surface area contributed by atoms with E-state index in [4.69, 9.17) is 0 Å². The van der Waals surface area contributed by atoms with Crippen LogP contribution in [0.25, 0.3) is 0 Å². The molecule has 0 saturated heterocycles. The Kier molecular flexibility index (Phi) is 25.4. The number of hydrogen-bond acceptors (Lipinski definition) is 0. The maximum absolute atomic E-state index is 2.35. The van der Waals surface area contributed by atoms with Crippen molar-refractivity contribution in [3.8, 4) is 0 Å². The Balaban J connectivity index is 4.68. The van der Waals surface area contributed by atoms with Crippen LogP contribution in [0.3, 0.4) is 0 Å². The van der Waals surface area contributed by atoms with Gasteiger partial charge in [0.15, 0.2) is 0 Å². The molecule has 0 aliphatic carbocycles. The van der Waals surface area contributed by atoms with Crippen LogP contribution in [0.15, 0.2) is 0 Å². The SMILES string of the molecule is CCCCCCCCC[PH](CCCCCCC)(CCCCCCC)CCCCCCC. The average Bonchev–Trinajstić information content (AvgIpc) is 2.78. The van der Waals surface area contributed by atoms with Gasteiger partial charge in [-0.1, -0.05) is 0 Å². The third-order valence-electron chi connectivity index (χ3n) is 7.74. The second-order valence-corrected chi connectivity index (χ2v) is 15.9. The predicted octanol–water partition coefficient (Wildman–Crippen LogP) is 11.4. The molecule has 0 bridgehead atoms. The molecule has 31 heavy (non-hydrogen) atoms. The van der Waals surface area contributed by atoms with Crippen molar-refractivity contribution in [1.29, 1.82) is 0 Å². The molecule has 0 radical (unpaired) electrons. The second-order valence-electron chi connectivity index (χ2n) is 10.9. The predicted molar refractivity (Wildman–Crippen MR) is 152 cm³/mol. The van der Waals surface area contributed by atoms with Crippen molar-refractivity contribution in [1.82, 2.24) is 0 Å². The zero-order valence-electron chi connectivity index (χ0n) is 22.9. The first kappa shape index (κ1) is 31.4. The zero-order valence-corrected chi connectivity index (χ0v) is 23.9. The van der Waals surface area contributed by atoms with Crippen molar-refractivity contribution >= 4 is 7.26 Å². The van der Waals surface area contributed by atoms with Crippen LogP contribution in [0.2, 0.25) is 0 Å². The van der Waals surface area contributed by atoms with Crippen molar-refractivity contribution in [3.63, 3.8) is 0 Å². The molecule has 0 aromatic heterocycles. The summed E-state index contributed by atoms with van der Waals surface area (Å²) in [5.74, 6) is 0. The van der Waals surface area contributed by atoms with E-state index in [1.807, 2.05) is 0 Å². The van der Waals surface area contributed by atoms with E-state index in [9.17, 15) is 0 Å². The van der Waals surface area contributed by atoms with Crippen LogP contribution in [-0.4, -0.2) is 24.6 Å². The van der Waals surface area contributed by atoms with Gasteiger partial charge in [0.2, 0.25) is 0 Å². The maximum atomic E-state index is 2.35. The van der Waals surface area contributed by atoms with Gasteiger partial charge < -0.3 is 0 Å². The van der Waals surface area contributed by atoms with Crippen LogP contribution in [0.4, 0.5) is 0 Å². The molecule has 0 spiro atoms. The Morgan fingerprint density at radius 3 is 0.677 bits per heavy atom. The average molecular weight is 457 g/mol. The summed E-state index contributed by atoms with van der Waals surface area (Å²) in [6.07, 6.45) is 39.4. The second kappa shape index (κ2) is 25.1. The van der Waals surface area contributed by atoms with Crippen LogP contribution >= 0.6 is 7.26 Å². The number of rotatable bonds is 26. The Hall–Kier alpha value is 0.430. The summed E-state index contributed by atoms with van der Waals surface area (Å²) in [7, 11) is -1.05. The molecular weight excluding hydrogens is 391 g/mol. The summed E-state index contributed by atoms with van der Waals surface area (Å²) in [6.45, 7) is 9.39. The molecule has 0 atom stereocenters. The van der Waals surface area contributed by atoms with Crippen molar-refractivity contribution in [2.45, 2.75) is 169 Å². The van der Waals surface area contributed by atoms with E-state index >= 15 is 0 Å². The fourth-order valence-electron chi connectivity index (χ4n) is 5.52. The van der Waals surface area contributed by atoms with Crippen molar-refractivity contribution < 1.29 is 0 Å². The van der Waals surface area contributed by atoms with Crippen molar-refractivity contribution in [2.24, 2.45) is 0 Å². The molecular formula is C30H65P. The Morgan fingerprint density at radius 1 is 0.258 bits per heavy atom. The molecule has 0 amide bonds. The molecule has 0 saturated carbocycles. The quantitative estimate of drug-likeness (QED) is 0.0896. The van der Waals surface area contributed by atoms with E-state index in [0.29, 0.717) is 0 Å². The minimum absolute atomic E-state index is 1.05. The summed E-state index contributed by atoms with van der Waals surface area (Å²) in [5, 5.41) is 0. The van der Waals surface area contributed by atoms with Gasteiger partial charge in [-0.3, -0.25) is 0 Å². The zero-order chi connectivity index (χ0) is 22.9. The third kappa shape index (κ3) is 20.7. The van der Waals surface area contributed by atoms with E-state index < -0.39 is 7.26 Å². The van der Waals surface area contributed by atoms with Gasteiger partial charge in [-0.25, -0.2) is 0 Å². The van der Waals surface area contributed by atoms with Gasteiger partial charge in [0.25, 0.3) is 0 Å². The molecule has 0 nitrogen and oxygen atoms in total. The van der Waals surface area contributed by atoms with Crippen molar-refractivity contribution in [2.75, 3.05) is 24.6 Å². The first-order valence-electron chi connectivity index (χ1n) is 15.2. The summed E-state index contributed by atoms with van der Waals surface area (Å²) in [5.41, 5.74) is 0. The molecule has 0 aliphatic heterocycles. The molecule has 0 heterocycles. The molecule has 0 aromatic rings. The van der Waals surface area contributed by atoms with Gasteiger partial charge in [-0.05, 0) is 0 Å². The van der Waals surface area contributed by atoms with Gasteiger partial charge in [0.05, 0.1) is 0 Å². The van der Waals surface area contributed by atoms with E-state index in [1.54, 1.807) is 50.3 Å². The van der Waals surface area contributed by atoms with Crippen LogP contribution in [0.1, 0.15) is 169 Å². The fourth-order valence-corrected chi connectivity index (χ4v) is 11.0. The van der Waals surface area contributed by atoms with Gasteiger partial charge in [-0.2, -0.15) is 0 Å². The number of unbranched alkanes of at least 4 members (excludes halogenated alkanes) is 18. The van der Waals surface area contributed by atoms with Crippen LogP contribution < -0.4 is 0 Å². The van der Waals surface area contributed by atoms with Crippen LogP contribution in [0.5, 0.6) is 0 Å². The fraction of sp³-hybridized carbons (Fsp3) is 1.00. The topological polar surface area (TPSA) is 0 Å². The Labute approximate surface area is 200 Å². The van der Waals surface area contributed by atoms with Crippen LogP contribution in [0, 0.1) is 0 Å². The third-order valence-corrected chi connectivity index (χ3v) is 13.4. The monoisotopic (exact) mass is 456 g/mol. The molecule has 0 unspecified atom stereocenters. The summed E-state index contributed by atoms with van der Waals surface area (Å²) in [6, 6.07) is 0. The van der Waals surface area contributed by atoms with Crippen LogP contribution in [-0.2, 0) is 0 Å². The Morgan fingerprint density at radius 2 is 0.452 bits per heavy atom. The van der Waals surface area contributed by atoms with E-state index in [2.05, 4.69) is 27.7 Å². The first-order valence-corrected chi connectivity index (χ1v) is 18.1. The normalized spacial score (nSPS) is 12.5. The number of hydrogen-bond donors (Lipinski definition) is 0. The molecule has 1 heteroatoms. The van der Waals surface area contributed by atoms with E-state index in [-0.39, 0.29) is 0 Å². The van der Waals surface area contributed by atoms with Gasteiger partial charge in [0.1, 0.15) is 0 Å². The molecule has 0 N–H and O–H groups in total. The summed E-state index contributed by atoms with van der Waals surface area (Å²) < 4.78 is 0. The van der Waals surface area contributed by atoms with Gasteiger partial charge >= 0.3 is 201 Å². The van der Waals surface area contributed by atoms with Gasteiger partial charge in [0, 0.05) is 0 Å². The molecule has 0 aliphatic rings. The van der Waals surface area contributed by atoms with E-state index in [1.165, 1.54) is 116 Å². The first-order chi connectivity index (χ1) is 15.2. The summed E-state index contributed by atoms with van der Waals surface area (Å²) in [4.78, 5) is 0. The standard InChI is InChI=1S/C30H65P/c1-5-9-13-17-18-22-26-30-31(27-23-19-14-10-6-2,28-24-20-15-11-7-3)29-25-21-16-12-8-4/h31H,5-30H2,1-4H3. The van der Waals surface area contributed by atoms with Gasteiger partial charge in [-0.15, -0.1) is 0 Å². The summed E-state index contributed by atoms with van der Waals surface area (Å²) >= 11 is 0. The van der Waals surface area contributed by atoms with E-state index in [0.717, 1.165) is 0 Å². The Bertz CT molecular complexity index is 288. The molecule has 0 aromatic carbocycles. The molecule has 190 valence electrons. The van der Waals surface area contributed by atoms with Crippen molar-refractivity contribution in [3.05, 3.63) is 0 Å². The minimum atomic E-state index is -1.05.